The van der Waals surface area contributed by atoms with Crippen molar-refractivity contribution in [1.82, 2.24) is 5.43 Å². The van der Waals surface area contributed by atoms with Crippen molar-refractivity contribution in [2.24, 2.45) is 4.99 Å². The van der Waals surface area contributed by atoms with Crippen LogP contribution in [-0.4, -0.2) is 12.4 Å². The minimum Gasteiger partial charge on any atom is -0.307 e. The predicted octanol–water partition coefficient (Wildman–Crippen LogP) is 1.93. The van der Waals surface area contributed by atoms with E-state index in [0.29, 0.717) is 11.5 Å². The van der Waals surface area contributed by atoms with Gasteiger partial charge in [-0.15, -0.1) is 0 Å². The van der Waals surface area contributed by atoms with E-state index in [4.69, 9.17) is 5.41 Å². The fourth-order valence-electron chi connectivity index (χ4n) is 0.837. The molecule has 4 nitrogen and oxygen atoms in total. The molecule has 1 rings (SSSR count). The van der Waals surface area contributed by atoms with Crippen LogP contribution in [0.15, 0.2) is 41.7 Å². The molecule has 0 fully saturated rings. The first kappa shape index (κ1) is 10.9. The van der Waals surface area contributed by atoms with Gasteiger partial charge in [-0.1, -0.05) is 6.58 Å². The highest BCUT2D eigenvalue weighted by Crippen LogP contribution is 2.06. The van der Waals surface area contributed by atoms with Crippen LogP contribution >= 0.6 is 0 Å². The maximum Gasteiger partial charge on any atom is 0.137 e. The highest BCUT2D eigenvalue weighted by atomic mass is 19.1. The zero-order valence-corrected chi connectivity index (χ0v) is 8.00. The number of hydrogen-bond acceptors (Lipinski definition) is 4. The van der Waals surface area contributed by atoms with Crippen molar-refractivity contribution in [3.05, 3.63) is 42.5 Å². The summed E-state index contributed by atoms with van der Waals surface area (Å²) in [5, 5.41) is 6.71. The number of nitrogens with one attached hydrogen (secondary N) is 3. The summed E-state index contributed by atoms with van der Waals surface area (Å²) in [6.45, 7) is 3.58. The first-order chi connectivity index (χ1) is 7.22. The molecule has 0 aliphatic carbocycles. The van der Waals surface area contributed by atoms with Gasteiger partial charge in [0.1, 0.15) is 11.6 Å². The van der Waals surface area contributed by atoms with Crippen LogP contribution in [0.5, 0.6) is 0 Å². The third-order valence-corrected chi connectivity index (χ3v) is 1.50. The number of hydrogen-bond donors (Lipinski definition) is 3. The molecular formula is C10H11FN4. The Morgan fingerprint density at radius 1 is 1.40 bits per heavy atom. The highest BCUT2D eigenvalue weighted by Gasteiger charge is 1.92. The van der Waals surface area contributed by atoms with E-state index in [-0.39, 0.29) is 5.82 Å². The maximum atomic E-state index is 12.5. The second kappa shape index (κ2) is 5.54. The summed E-state index contributed by atoms with van der Waals surface area (Å²) in [7, 11) is 0. The Bertz CT molecular complexity index is 370. The number of anilines is 1. The summed E-state index contributed by atoms with van der Waals surface area (Å²) >= 11 is 0. The summed E-state index contributed by atoms with van der Waals surface area (Å²) < 4.78 is 12.5. The molecule has 3 N–H and O–H groups in total. The molecule has 5 heteroatoms. The topological polar surface area (TPSA) is 60.3 Å². The Morgan fingerprint density at radius 2 is 2.07 bits per heavy atom. The van der Waals surface area contributed by atoms with Crippen LogP contribution in [0, 0.1) is 11.2 Å². The minimum absolute atomic E-state index is 0.291. The van der Waals surface area contributed by atoms with Gasteiger partial charge in [0.25, 0.3) is 0 Å². The molecule has 0 saturated carbocycles. The van der Waals surface area contributed by atoms with E-state index in [2.05, 4.69) is 22.4 Å². The minimum atomic E-state index is -0.291. The maximum absolute atomic E-state index is 12.5. The number of hydrazine groups is 1. The van der Waals surface area contributed by atoms with Gasteiger partial charge >= 0.3 is 0 Å². The van der Waals surface area contributed by atoms with Crippen LogP contribution in [0.1, 0.15) is 0 Å². The molecule has 0 aromatic heterocycles. The molecule has 1 aromatic rings. The van der Waals surface area contributed by atoms with Gasteiger partial charge < -0.3 is 5.41 Å². The summed E-state index contributed by atoms with van der Waals surface area (Å²) in [5.41, 5.74) is 6.16. The van der Waals surface area contributed by atoms with E-state index in [9.17, 15) is 4.39 Å². The monoisotopic (exact) mass is 206 g/mol. The molecule has 0 heterocycles. The van der Waals surface area contributed by atoms with Crippen molar-refractivity contribution in [2.45, 2.75) is 0 Å². The standard InChI is InChI=1S/C10H11FN4/c1-8(13-7-6-12)14-15-10-4-2-9(11)3-5-10/h2-7,12,14-15H,1H2. The highest BCUT2D eigenvalue weighted by molar-refractivity contribution is 6.14. The van der Waals surface area contributed by atoms with Crippen LogP contribution in [0.25, 0.3) is 0 Å². The second-order valence-corrected chi connectivity index (χ2v) is 2.65. The summed E-state index contributed by atoms with van der Waals surface area (Å²) in [4.78, 5) is 3.77. The molecule has 0 bridgehead atoms. The van der Waals surface area contributed by atoms with Gasteiger partial charge in [0.05, 0.1) is 5.69 Å². The molecule has 0 unspecified atom stereocenters. The third-order valence-electron chi connectivity index (χ3n) is 1.50. The van der Waals surface area contributed by atoms with E-state index in [1.165, 1.54) is 18.3 Å². The Morgan fingerprint density at radius 3 is 2.67 bits per heavy atom. The van der Waals surface area contributed by atoms with Gasteiger partial charge in [-0.2, -0.15) is 0 Å². The molecule has 0 aliphatic rings. The van der Waals surface area contributed by atoms with Gasteiger partial charge in [-0.05, 0) is 24.3 Å². The van der Waals surface area contributed by atoms with E-state index in [1.54, 1.807) is 12.1 Å². The molecule has 1 aromatic carbocycles. The number of nitrogens with zero attached hydrogens (tertiary/aromatic N) is 1. The first-order valence-electron chi connectivity index (χ1n) is 4.22. The van der Waals surface area contributed by atoms with Crippen LogP contribution in [0.4, 0.5) is 10.1 Å². The zero-order chi connectivity index (χ0) is 11.1. The Balaban J connectivity index is 2.43. The van der Waals surface area contributed by atoms with Gasteiger partial charge in [0, 0.05) is 12.4 Å². The summed E-state index contributed by atoms with van der Waals surface area (Å²) in [5.74, 6) is 0.0732. The first-order valence-corrected chi connectivity index (χ1v) is 4.22. The molecule has 0 atom stereocenters. The van der Waals surface area contributed by atoms with E-state index >= 15 is 0 Å². The SMILES string of the molecule is C=C(N=CC=N)NNc1ccc(F)cc1. The molecule has 0 saturated heterocycles. The quantitative estimate of drug-likeness (QED) is 0.509. The van der Waals surface area contributed by atoms with Crippen molar-refractivity contribution >= 4 is 18.1 Å². The normalized spacial score (nSPS) is 9.93. The fourth-order valence-corrected chi connectivity index (χ4v) is 0.837. The van der Waals surface area contributed by atoms with Crippen molar-refractivity contribution in [3.63, 3.8) is 0 Å². The molecule has 0 amide bonds. The smallest absolute Gasteiger partial charge is 0.137 e. The number of aliphatic imine (C=N–C) groups is 1. The number of halogens is 1. The van der Waals surface area contributed by atoms with Crippen molar-refractivity contribution in [2.75, 3.05) is 5.43 Å². The van der Waals surface area contributed by atoms with Gasteiger partial charge in [-0.25, -0.2) is 9.38 Å². The van der Waals surface area contributed by atoms with Gasteiger partial charge in [-0.3, -0.25) is 10.9 Å². The van der Waals surface area contributed by atoms with Crippen LogP contribution < -0.4 is 10.9 Å². The zero-order valence-electron chi connectivity index (χ0n) is 8.00. The Labute approximate surface area is 87.0 Å². The fraction of sp³-hybridized carbons (Fsp3) is 0. The molecule has 0 radical (unpaired) electrons. The van der Waals surface area contributed by atoms with E-state index in [0.717, 1.165) is 6.21 Å². The average molecular weight is 206 g/mol. The largest absolute Gasteiger partial charge is 0.307 e. The van der Waals surface area contributed by atoms with Crippen LogP contribution in [0.2, 0.25) is 0 Å². The number of benzene rings is 1. The van der Waals surface area contributed by atoms with Crippen molar-refractivity contribution < 1.29 is 4.39 Å². The lowest BCUT2D eigenvalue weighted by atomic mass is 10.3. The predicted molar refractivity (Wildman–Crippen MR) is 59.6 cm³/mol. The molecule has 0 spiro atoms. The molecule has 78 valence electrons. The Hall–Kier alpha value is -2.17. The lowest BCUT2D eigenvalue weighted by Crippen LogP contribution is -2.19. The van der Waals surface area contributed by atoms with Gasteiger partial charge in [0.2, 0.25) is 0 Å². The van der Waals surface area contributed by atoms with Crippen LogP contribution in [-0.2, 0) is 0 Å². The van der Waals surface area contributed by atoms with E-state index < -0.39 is 0 Å². The van der Waals surface area contributed by atoms with Gasteiger partial charge in [0.15, 0.2) is 0 Å². The Kier molecular flexibility index (Phi) is 4.03. The van der Waals surface area contributed by atoms with Crippen molar-refractivity contribution in [1.29, 1.82) is 5.41 Å². The van der Waals surface area contributed by atoms with Crippen LogP contribution in [0.3, 0.4) is 0 Å². The van der Waals surface area contributed by atoms with E-state index in [1.807, 2.05) is 0 Å². The molecule has 0 aliphatic heterocycles. The van der Waals surface area contributed by atoms with Crippen molar-refractivity contribution in [3.8, 4) is 0 Å². The summed E-state index contributed by atoms with van der Waals surface area (Å²) in [6, 6.07) is 5.84. The number of rotatable bonds is 5. The molecule has 15 heavy (non-hydrogen) atoms. The second-order valence-electron chi connectivity index (χ2n) is 2.65. The lowest BCUT2D eigenvalue weighted by molar-refractivity contribution is 0.628. The third kappa shape index (κ3) is 4.04. The summed E-state index contributed by atoms with van der Waals surface area (Å²) in [6.07, 6.45) is 2.34. The molecular weight excluding hydrogens is 195 g/mol. The lowest BCUT2D eigenvalue weighted by Gasteiger charge is -2.07. The average Bonchev–Trinajstić information content (AvgIpc) is 2.25.